The topological polar surface area (TPSA) is 23.6 Å². The molecule has 0 bridgehead atoms. The summed E-state index contributed by atoms with van der Waals surface area (Å²) in [5.41, 5.74) is 1.36. The normalized spacial score (nSPS) is 27.4. The molecule has 0 radical (unpaired) electrons. The fourth-order valence-electron chi connectivity index (χ4n) is 4.31. The molecular weight excluding hydrogens is 284 g/mol. The van der Waals surface area contributed by atoms with Crippen LogP contribution in [0.1, 0.15) is 57.9 Å². The number of hydrogen-bond acceptors (Lipinski definition) is 2. The Balaban J connectivity index is 1.75. The smallest absolute Gasteiger partial charge is 0.223 e. The van der Waals surface area contributed by atoms with Gasteiger partial charge in [0.15, 0.2) is 0 Å². The van der Waals surface area contributed by atoms with Gasteiger partial charge in [-0.25, -0.2) is 0 Å². The first-order valence-corrected chi connectivity index (χ1v) is 9.23. The lowest BCUT2D eigenvalue weighted by atomic mass is 9.87. The number of carbonyl (C=O) groups excluding carboxylic acids is 1. The minimum atomic E-state index is 0.106. The van der Waals surface area contributed by atoms with Crippen molar-refractivity contribution in [3.8, 4) is 0 Å². The molecule has 126 valence electrons. The van der Waals surface area contributed by atoms with E-state index >= 15 is 0 Å². The first kappa shape index (κ1) is 16.5. The molecule has 2 aliphatic heterocycles. The van der Waals surface area contributed by atoms with E-state index < -0.39 is 0 Å². The Bertz CT molecular complexity index is 530. The third-order valence-electron chi connectivity index (χ3n) is 6.03. The van der Waals surface area contributed by atoms with E-state index in [4.69, 9.17) is 0 Å². The molecule has 1 aromatic carbocycles. The Morgan fingerprint density at radius 3 is 2.65 bits per heavy atom. The van der Waals surface area contributed by atoms with Gasteiger partial charge in [-0.3, -0.25) is 4.79 Å². The van der Waals surface area contributed by atoms with Crippen molar-refractivity contribution in [3.63, 3.8) is 0 Å². The Kier molecular flexibility index (Phi) is 5.05. The SMILES string of the molecule is CCC(C)N1CCCC2(CCC(=O)N2Cc2ccccc2)CC1. The number of rotatable bonds is 4. The predicted octanol–water partition coefficient (Wildman–Crippen LogP) is 3.83. The van der Waals surface area contributed by atoms with Crippen LogP contribution in [0.25, 0.3) is 0 Å². The van der Waals surface area contributed by atoms with Gasteiger partial charge in [0, 0.05) is 31.1 Å². The maximum atomic E-state index is 12.5. The molecule has 1 aromatic rings. The van der Waals surface area contributed by atoms with E-state index in [9.17, 15) is 4.79 Å². The molecule has 0 saturated carbocycles. The maximum absolute atomic E-state index is 12.5. The molecule has 0 aromatic heterocycles. The summed E-state index contributed by atoms with van der Waals surface area (Å²) in [6, 6.07) is 11.1. The van der Waals surface area contributed by atoms with E-state index in [1.54, 1.807) is 0 Å². The van der Waals surface area contributed by atoms with Gasteiger partial charge in [0.2, 0.25) is 5.91 Å². The molecule has 2 atom stereocenters. The highest BCUT2D eigenvalue weighted by Crippen LogP contribution is 2.40. The molecule has 2 unspecified atom stereocenters. The fourth-order valence-corrected chi connectivity index (χ4v) is 4.31. The van der Waals surface area contributed by atoms with Crippen molar-refractivity contribution in [3.05, 3.63) is 35.9 Å². The molecule has 2 saturated heterocycles. The van der Waals surface area contributed by atoms with Gasteiger partial charge in [-0.15, -0.1) is 0 Å². The summed E-state index contributed by atoms with van der Waals surface area (Å²) in [5.74, 6) is 0.353. The van der Waals surface area contributed by atoms with Gasteiger partial charge in [0.05, 0.1) is 0 Å². The average Bonchev–Trinajstić information content (AvgIpc) is 2.77. The number of likely N-dealkylation sites (tertiary alicyclic amines) is 2. The van der Waals surface area contributed by atoms with Crippen molar-refractivity contribution in [2.75, 3.05) is 13.1 Å². The van der Waals surface area contributed by atoms with Gasteiger partial charge in [-0.2, -0.15) is 0 Å². The van der Waals surface area contributed by atoms with Crippen LogP contribution in [-0.4, -0.2) is 40.4 Å². The standard InChI is InChI=1S/C20H30N2O/c1-3-17(2)21-14-7-11-20(13-15-21)12-10-19(23)22(20)16-18-8-5-4-6-9-18/h4-6,8-9,17H,3,7,10-16H2,1-2H3. The van der Waals surface area contributed by atoms with Gasteiger partial charge in [0.1, 0.15) is 0 Å². The molecule has 2 fully saturated rings. The van der Waals surface area contributed by atoms with Gasteiger partial charge in [0.25, 0.3) is 0 Å². The highest BCUT2D eigenvalue weighted by Gasteiger charge is 2.45. The Labute approximate surface area is 140 Å². The fraction of sp³-hybridized carbons (Fsp3) is 0.650. The van der Waals surface area contributed by atoms with E-state index in [1.807, 2.05) is 6.07 Å². The second kappa shape index (κ2) is 7.04. The van der Waals surface area contributed by atoms with Gasteiger partial charge >= 0.3 is 0 Å². The highest BCUT2D eigenvalue weighted by molar-refractivity contribution is 5.79. The zero-order valence-electron chi connectivity index (χ0n) is 14.6. The van der Waals surface area contributed by atoms with Crippen LogP contribution in [0, 0.1) is 0 Å². The Morgan fingerprint density at radius 1 is 1.13 bits per heavy atom. The summed E-state index contributed by atoms with van der Waals surface area (Å²) >= 11 is 0. The number of nitrogens with zero attached hydrogens (tertiary/aromatic N) is 2. The van der Waals surface area contributed by atoms with E-state index in [0.29, 0.717) is 11.9 Å². The van der Waals surface area contributed by atoms with Gasteiger partial charge in [-0.1, -0.05) is 37.3 Å². The largest absolute Gasteiger partial charge is 0.333 e. The second-order valence-electron chi connectivity index (χ2n) is 7.34. The molecular formula is C20H30N2O. The van der Waals surface area contributed by atoms with Crippen molar-refractivity contribution < 1.29 is 4.79 Å². The van der Waals surface area contributed by atoms with Crippen LogP contribution in [0.4, 0.5) is 0 Å². The minimum absolute atomic E-state index is 0.106. The summed E-state index contributed by atoms with van der Waals surface area (Å²) in [4.78, 5) is 17.4. The van der Waals surface area contributed by atoms with Crippen LogP contribution < -0.4 is 0 Å². The second-order valence-corrected chi connectivity index (χ2v) is 7.34. The summed E-state index contributed by atoms with van der Waals surface area (Å²) < 4.78 is 0. The van der Waals surface area contributed by atoms with Crippen molar-refractivity contribution in [2.24, 2.45) is 0 Å². The highest BCUT2D eigenvalue weighted by atomic mass is 16.2. The number of carbonyl (C=O) groups is 1. The summed E-state index contributed by atoms with van der Waals surface area (Å²) in [7, 11) is 0. The van der Waals surface area contributed by atoms with Crippen molar-refractivity contribution >= 4 is 5.91 Å². The van der Waals surface area contributed by atoms with Crippen molar-refractivity contribution in [1.82, 2.24) is 9.80 Å². The van der Waals surface area contributed by atoms with Crippen LogP contribution in [0.15, 0.2) is 30.3 Å². The number of benzene rings is 1. The summed E-state index contributed by atoms with van der Waals surface area (Å²) in [6.45, 7) is 7.70. The molecule has 2 aliphatic rings. The Hall–Kier alpha value is -1.35. The third kappa shape index (κ3) is 3.45. The molecule has 3 nitrogen and oxygen atoms in total. The van der Waals surface area contributed by atoms with E-state index in [0.717, 1.165) is 32.4 Å². The third-order valence-corrected chi connectivity index (χ3v) is 6.03. The van der Waals surface area contributed by atoms with E-state index in [2.05, 4.69) is 47.9 Å². The first-order chi connectivity index (χ1) is 11.1. The molecule has 3 rings (SSSR count). The van der Waals surface area contributed by atoms with Crippen molar-refractivity contribution in [1.29, 1.82) is 0 Å². The lowest BCUT2D eigenvalue weighted by Crippen LogP contribution is -2.46. The molecule has 0 aliphatic carbocycles. The van der Waals surface area contributed by atoms with Gasteiger partial charge in [-0.05, 0) is 51.1 Å². The average molecular weight is 314 g/mol. The predicted molar refractivity (Wildman–Crippen MR) is 94.1 cm³/mol. The number of hydrogen-bond donors (Lipinski definition) is 0. The quantitative estimate of drug-likeness (QED) is 0.843. The molecule has 3 heteroatoms. The zero-order valence-corrected chi connectivity index (χ0v) is 14.6. The molecule has 0 N–H and O–H groups in total. The molecule has 23 heavy (non-hydrogen) atoms. The number of amides is 1. The lowest BCUT2D eigenvalue weighted by Gasteiger charge is -2.38. The van der Waals surface area contributed by atoms with Crippen LogP contribution in [0.3, 0.4) is 0 Å². The molecule has 1 amide bonds. The Morgan fingerprint density at radius 2 is 1.91 bits per heavy atom. The van der Waals surface area contributed by atoms with E-state index in [-0.39, 0.29) is 5.54 Å². The zero-order chi connectivity index (χ0) is 16.3. The first-order valence-electron chi connectivity index (χ1n) is 9.23. The lowest BCUT2D eigenvalue weighted by molar-refractivity contribution is -0.132. The maximum Gasteiger partial charge on any atom is 0.223 e. The van der Waals surface area contributed by atoms with Crippen LogP contribution in [-0.2, 0) is 11.3 Å². The monoisotopic (exact) mass is 314 g/mol. The molecule has 2 heterocycles. The molecule has 1 spiro atoms. The van der Waals surface area contributed by atoms with Gasteiger partial charge < -0.3 is 9.80 Å². The van der Waals surface area contributed by atoms with E-state index in [1.165, 1.54) is 31.4 Å². The minimum Gasteiger partial charge on any atom is -0.333 e. The van der Waals surface area contributed by atoms with Crippen LogP contribution in [0.2, 0.25) is 0 Å². The summed E-state index contributed by atoms with van der Waals surface area (Å²) in [6.07, 6.45) is 6.50. The summed E-state index contributed by atoms with van der Waals surface area (Å²) in [5, 5.41) is 0. The van der Waals surface area contributed by atoms with Crippen LogP contribution in [0.5, 0.6) is 0 Å². The van der Waals surface area contributed by atoms with Crippen molar-refractivity contribution in [2.45, 2.75) is 70.5 Å². The van der Waals surface area contributed by atoms with Crippen LogP contribution >= 0.6 is 0 Å².